The SMILES string of the molecule is COc1nc(C)ccc1Nc1ncc(C(F)(F)F)c(N[C@@H]2Cc3ccccc3[C@H]2N(C)S(C)(=O)=O)n1. The molecule has 0 bridgehead atoms. The van der Waals surface area contributed by atoms with Gasteiger partial charge in [-0.2, -0.15) is 22.5 Å². The van der Waals surface area contributed by atoms with Crippen LogP contribution in [0.3, 0.4) is 0 Å². The summed E-state index contributed by atoms with van der Waals surface area (Å²) in [6.45, 7) is 1.77. The minimum absolute atomic E-state index is 0.113. The lowest BCUT2D eigenvalue weighted by molar-refractivity contribution is -0.137. The molecule has 0 spiro atoms. The van der Waals surface area contributed by atoms with Crippen LogP contribution in [0.4, 0.5) is 30.6 Å². The summed E-state index contributed by atoms with van der Waals surface area (Å²) >= 11 is 0. The van der Waals surface area contributed by atoms with Gasteiger partial charge in [-0.15, -0.1) is 0 Å². The number of ether oxygens (including phenoxy) is 1. The van der Waals surface area contributed by atoms with E-state index in [9.17, 15) is 21.6 Å². The van der Waals surface area contributed by atoms with Gasteiger partial charge in [0.25, 0.3) is 0 Å². The highest BCUT2D eigenvalue weighted by Crippen LogP contribution is 2.40. The third-order valence-electron chi connectivity index (χ3n) is 5.97. The second kappa shape index (κ2) is 9.54. The molecule has 4 rings (SSSR count). The summed E-state index contributed by atoms with van der Waals surface area (Å²) in [6, 6.07) is 9.09. The Kier molecular flexibility index (Phi) is 6.80. The molecule has 1 aliphatic carbocycles. The number of alkyl halides is 3. The molecule has 9 nitrogen and oxygen atoms in total. The van der Waals surface area contributed by atoms with Crippen molar-refractivity contribution in [1.82, 2.24) is 19.3 Å². The number of anilines is 3. The Morgan fingerprint density at radius 3 is 2.53 bits per heavy atom. The molecule has 2 heterocycles. The number of aryl methyl sites for hydroxylation is 1. The number of fused-ring (bicyclic) bond motifs is 1. The summed E-state index contributed by atoms with van der Waals surface area (Å²) in [5.74, 6) is -0.351. The standard InChI is InChI=1S/C23H25F3N6O3S/c1-13-9-10-17(21(28-13)35-3)30-22-27-12-16(23(24,25)26)20(31-22)29-18-11-14-7-5-6-8-15(14)19(18)32(2)36(4,33)34/h5-10,12,18-19H,11H2,1-4H3,(H2,27,29,30,31)/t18-,19-/m1/s1. The second-order valence-electron chi connectivity index (χ2n) is 8.47. The number of hydrogen-bond donors (Lipinski definition) is 2. The van der Waals surface area contributed by atoms with Crippen LogP contribution in [0.15, 0.2) is 42.6 Å². The largest absolute Gasteiger partial charge is 0.480 e. The number of aromatic nitrogens is 3. The van der Waals surface area contributed by atoms with Crippen LogP contribution in [0.1, 0.15) is 28.4 Å². The van der Waals surface area contributed by atoms with Gasteiger partial charge >= 0.3 is 6.18 Å². The summed E-state index contributed by atoms with van der Waals surface area (Å²) in [5.41, 5.74) is 1.55. The molecular formula is C23H25F3N6O3S. The molecule has 0 fully saturated rings. The number of methoxy groups -OCH3 is 1. The molecule has 3 aromatic rings. The number of nitrogens with zero attached hydrogens (tertiary/aromatic N) is 4. The smallest absolute Gasteiger partial charge is 0.421 e. The van der Waals surface area contributed by atoms with E-state index in [1.807, 2.05) is 6.07 Å². The predicted octanol–water partition coefficient (Wildman–Crippen LogP) is 3.92. The van der Waals surface area contributed by atoms with E-state index in [2.05, 4.69) is 25.6 Å². The maximum atomic E-state index is 13.9. The lowest BCUT2D eigenvalue weighted by Gasteiger charge is -2.30. The molecule has 0 saturated heterocycles. The van der Waals surface area contributed by atoms with Gasteiger partial charge in [-0.25, -0.2) is 18.4 Å². The second-order valence-corrected chi connectivity index (χ2v) is 10.5. The van der Waals surface area contributed by atoms with Gasteiger partial charge in [0.1, 0.15) is 17.1 Å². The zero-order valence-electron chi connectivity index (χ0n) is 20.0. The monoisotopic (exact) mass is 522 g/mol. The number of nitrogens with one attached hydrogen (secondary N) is 2. The van der Waals surface area contributed by atoms with E-state index in [1.54, 1.807) is 37.3 Å². The normalized spacial score (nSPS) is 17.7. The average Bonchev–Trinajstić information content (AvgIpc) is 3.16. The van der Waals surface area contributed by atoms with Crippen molar-refractivity contribution < 1.29 is 26.3 Å². The molecule has 1 aromatic carbocycles. The number of halogens is 3. The van der Waals surface area contributed by atoms with Crippen molar-refractivity contribution in [3.05, 3.63) is 65.0 Å². The lowest BCUT2D eigenvalue weighted by atomic mass is 10.1. The van der Waals surface area contributed by atoms with Crippen LogP contribution >= 0.6 is 0 Å². The van der Waals surface area contributed by atoms with Crippen molar-refractivity contribution in [2.75, 3.05) is 31.0 Å². The van der Waals surface area contributed by atoms with E-state index in [1.165, 1.54) is 14.2 Å². The molecule has 0 amide bonds. The average molecular weight is 523 g/mol. The molecule has 0 aliphatic heterocycles. The van der Waals surface area contributed by atoms with Crippen LogP contribution < -0.4 is 15.4 Å². The molecule has 2 atom stereocenters. The fourth-order valence-corrected chi connectivity index (χ4v) is 4.87. The summed E-state index contributed by atoms with van der Waals surface area (Å²) in [4.78, 5) is 12.2. The topological polar surface area (TPSA) is 109 Å². The van der Waals surface area contributed by atoms with E-state index in [-0.39, 0.29) is 11.8 Å². The quantitative estimate of drug-likeness (QED) is 0.481. The van der Waals surface area contributed by atoms with Crippen molar-refractivity contribution >= 4 is 27.5 Å². The molecule has 2 aromatic heterocycles. The van der Waals surface area contributed by atoms with Gasteiger partial charge in [0.05, 0.1) is 25.4 Å². The fraction of sp³-hybridized carbons (Fsp3) is 0.348. The van der Waals surface area contributed by atoms with Crippen LogP contribution in [0, 0.1) is 6.92 Å². The van der Waals surface area contributed by atoms with Crippen molar-refractivity contribution in [1.29, 1.82) is 0 Å². The van der Waals surface area contributed by atoms with Gasteiger partial charge in [0.15, 0.2) is 0 Å². The van der Waals surface area contributed by atoms with Gasteiger partial charge < -0.3 is 15.4 Å². The van der Waals surface area contributed by atoms with Crippen LogP contribution in [-0.2, 0) is 22.6 Å². The Hall–Kier alpha value is -3.45. The molecule has 36 heavy (non-hydrogen) atoms. The first kappa shape index (κ1) is 25.6. The summed E-state index contributed by atoms with van der Waals surface area (Å²) in [7, 11) is -0.819. The predicted molar refractivity (Wildman–Crippen MR) is 129 cm³/mol. The maximum absolute atomic E-state index is 13.9. The van der Waals surface area contributed by atoms with Crippen molar-refractivity contribution in [2.24, 2.45) is 0 Å². The van der Waals surface area contributed by atoms with Gasteiger partial charge in [-0.05, 0) is 36.6 Å². The van der Waals surface area contributed by atoms with Crippen molar-refractivity contribution in [3.8, 4) is 5.88 Å². The highest BCUT2D eigenvalue weighted by atomic mass is 32.2. The Morgan fingerprint density at radius 1 is 1.14 bits per heavy atom. The highest BCUT2D eigenvalue weighted by molar-refractivity contribution is 7.88. The van der Waals surface area contributed by atoms with Crippen molar-refractivity contribution in [3.63, 3.8) is 0 Å². The Morgan fingerprint density at radius 2 is 1.86 bits per heavy atom. The lowest BCUT2D eigenvalue weighted by Crippen LogP contribution is -2.39. The van der Waals surface area contributed by atoms with E-state index in [0.29, 0.717) is 24.0 Å². The summed E-state index contributed by atoms with van der Waals surface area (Å²) in [5, 5.41) is 5.71. The van der Waals surface area contributed by atoms with E-state index >= 15 is 0 Å². The first-order valence-electron chi connectivity index (χ1n) is 10.9. The number of pyridine rings is 1. The molecule has 192 valence electrons. The van der Waals surface area contributed by atoms with Crippen LogP contribution in [0.2, 0.25) is 0 Å². The summed E-state index contributed by atoms with van der Waals surface area (Å²) < 4.78 is 72.7. The number of sulfonamides is 1. The molecule has 0 radical (unpaired) electrons. The fourth-order valence-electron chi connectivity index (χ4n) is 4.20. The zero-order valence-corrected chi connectivity index (χ0v) is 20.8. The molecule has 1 aliphatic rings. The Labute approximate surface area is 206 Å². The van der Waals surface area contributed by atoms with Crippen LogP contribution in [0.25, 0.3) is 0 Å². The maximum Gasteiger partial charge on any atom is 0.421 e. The number of benzene rings is 1. The Balaban J connectivity index is 1.73. The van der Waals surface area contributed by atoms with Gasteiger partial charge in [-0.1, -0.05) is 24.3 Å². The molecule has 0 unspecified atom stereocenters. The van der Waals surface area contributed by atoms with Gasteiger partial charge in [-0.3, -0.25) is 0 Å². The minimum Gasteiger partial charge on any atom is -0.480 e. The number of likely N-dealkylation sites (N-methyl/N-ethyl adjacent to an activating group) is 1. The first-order chi connectivity index (χ1) is 16.9. The van der Waals surface area contributed by atoms with Crippen molar-refractivity contribution in [2.45, 2.75) is 31.6 Å². The third kappa shape index (κ3) is 5.21. The third-order valence-corrected chi connectivity index (χ3v) is 7.24. The molecule has 0 saturated carbocycles. The van der Waals surface area contributed by atoms with E-state index in [4.69, 9.17) is 4.74 Å². The molecule has 13 heteroatoms. The van der Waals surface area contributed by atoms with Crippen LogP contribution in [0.5, 0.6) is 5.88 Å². The summed E-state index contributed by atoms with van der Waals surface area (Å²) in [6.07, 6.45) is -2.70. The molecule has 2 N–H and O–H groups in total. The number of hydrogen-bond acceptors (Lipinski definition) is 8. The molecular weight excluding hydrogens is 497 g/mol. The Bertz CT molecular complexity index is 1380. The zero-order chi connectivity index (χ0) is 26.3. The number of rotatable bonds is 7. The first-order valence-corrected chi connectivity index (χ1v) is 12.7. The van der Waals surface area contributed by atoms with Gasteiger partial charge in [0.2, 0.25) is 21.9 Å². The van der Waals surface area contributed by atoms with E-state index in [0.717, 1.165) is 21.7 Å². The minimum atomic E-state index is -4.74. The van der Waals surface area contributed by atoms with E-state index < -0.39 is 39.7 Å². The van der Waals surface area contributed by atoms with Crippen LogP contribution in [-0.4, -0.2) is 54.1 Å². The highest BCUT2D eigenvalue weighted by Gasteiger charge is 2.41. The van der Waals surface area contributed by atoms with Gasteiger partial charge in [0, 0.05) is 18.9 Å².